The van der Waals surface area contributed by atoms with Gasteiger partial charge in [0.15, 0.2) is 6.10 Å². The predicted octanol–water partition coefficient (Wildman–Crippen LogP) is 22.0. The quantitative estimate of drug-likeness (QED) is 0.0373. The second kappa shape index (κ2) is 65.3. The van der Waals surface area contributed by atoms with Gasteiger partial charge in [0.05, 0.1) is 6.61 Å². The van der Waals surface area contributed by atoms with Crippen LogP contribution in [0.4, 0.5) is 0 Å². The average molecular weight is 1050 g/mol. The molecule has 0 heterocycles. The van der Waals surface area contributed by atoms with E-state index in [9.17, 15) is 14.7 Å². The first-order valence-electron chi connectivity index (χ1n) is 31.7. The lowest BCUT2D eigenvalue weighted by Crippen LogP contribution is -2.28. The van der Waals surface area contributed by atoms with E-state index in [2.05, 4.69) is 148 Å². The Hall–Kier alpha value is -3.96. The van der Waals surface area contributed by atoms with Crippen LogP contribution in [0.2, 0.25) is 0 Å². The molecule has 0 saturated heterocycles. The highest BCUT2D eigenvalue weighted by Crippen LogP contribution is 2.16. The Kier molecular flexibility index (Phi) is 61.9. The molecule has 0 aliphatic rings. The molecule has 0 aliphatic heterocycles. The molecule has 0 aromatic rings. The molecule has 0 fully saturated rings. The Morgan fingerprint density at radius 2 is 0.566 bits per heavy atom. The van der Waals surface area contributed by atoms with Crippen molar-refractivity contribution in [1.29, 1.82) is 0 Å². The van der Waals surface area contributed by atoms with Crippen LogP contribution in [0.1, 0.15) is 284 Å². The molecule has 0 rings (SSSR count). The Morgan fingerprint density at radius 1 is 0.316 bits per heavy atom. The molecule has 0 aliphatic carbocycles. The molecule has 0 bridgehead atoms. The first-order valence-corrected chi connectivity index (χ1v) is 31.7. The summed E-state index contributed by atoms with van der Waals surface area (Å²) in [5.41, 5.74) is 0. The first kappa shape index (κ1) is 72.0. The van der Waals surface area contributed by atoms with Crippen LogP contribution < -0.4 is 0 Å². The number of esters is 2. The monoisotopic (exact) mass is 1050 g/mol. The van der Waals surface area contributed by atoms with Gasteiger partial charge in [-0.25, -0.2) is 0 Å². The van der Waals surface area contributed by atoms with Gasteiger partial charge in [0.2, 0.25) is 0 Å². The van der Waals surface area contributed by atoms with Crippen LogP contribution in [0.5, 0.6) is 0 Å². The summed E-state index contributed by atoms with van der Waals surface area (Å²) in [6, 6.07) is 0. The van der Waals surface area contributed by atoms with Crippen molar-refractivity contribution in [1.82, 2.24) is 0 Å². The molecule has 432 valence electrons. The van der Waals surface area contributed by atoms with E-state index in [4.69, 9.17) is 9.47 Å². The summed E-state index contributed by atoms with van der Waals surface area (Å²) >= 11 is 0. The zero-order valence-corrected chi connectivity index (χ0v) is 49.5. The fourth-order valence-corrected chi connectivity index (χ4v) is 8.70. The number of carbonyl (C=O) groups is 2. The van der Waals surface area contributed by atoms with Gasteiger partial charge in [0, 0.05) is 12.8 Å². The minimum absolute atomic E-state index is 0.0745. The summed E-state index contributed by atoms with van der Waals surface area (Å²) in [5, 5.41) is 9.68. The lowest BCUT2D eigenvalue weighted by Gasteiger charge is -2.15. The van der Waals surface area contributed by atoms with Gasteiger partial charge in [-0.3, -0.25) is 9.59 Å². The molecule has 0 aromatic carbocycles. The zero-order valence-electron chi connectivity index (χ0n) is 49.5. The fourth-order valence-electron chi connectivity index (χ4n) is 8.70. The van der Waals surface area contributed by atoms with Crippen LogP contribution in [-0.2, 0) is 19.1 Å². The van der Waals surface area contributed by atoms with Gasteiger partial charge in [0.1, 0.15) is 6.61 Å². The Balaban J connectivity index is 3.55. The van der Waals surface area contributed by atoms with Crippen molar-refractivity contribution < 1.29 is 24.2 Å². The van der Waals surface area contributed by atoms with Crippen LogP contribution in [0.3, 0.4) is 0 Å². The molecule has 5 heteroatoms. The van der Waals surface area contributed by atoms with Crippen molar-refractivity contribution in [2.45, 2.75) is 290 Å². The number of aliphatic hydroxyl groups excluding tert-OH is 1. The summed E-state index contributed by atoms with van der Waals surface area (Å²) in [6.45, 7) is 4.02. The maximum Gasteiger partial charge on any atom is 0.306 e. The van der Waals surface area contributed by atoms with E-state index >= 15 is 0 Å². The molecule has 1 unspecified atom stereocenters. The van der Waals surface area contributed by atoms with E-state index in [0.29, 0.717) is 12.8 Å². The van der Waals surface area contributed by atoms with Crippen LogP contribution in [0.15, 0.2) is 134 Å². The predicted molar refractivity (Wildman–Crippen MR) is 334 cm³/mol. The lowest BCUT2D eigenvalue weighted by atomic mass is 10.0. The molecule has 0 aromatic heterocycles. The van der Waals surface area contributed by atoms with Gasteiger partial charge in [-0.1, -0.05) is 289 Å². The normalized spacial score (nSPS) is 13.1. The second-order valence-corrected chi connectivity index (χ2v) is 20.8. The van der Waals surface area contributed by atoms with Gasteiger partial charge < -0.3 is 14.6 Å². The number of hydrogen-bond donors (Lipinski definition) is 1. The Morgan fingerprint density at radius 3 is 0.855 bits per heavy atom. The van der Waals surface area contributed by atoms with Crippen molar-refractivity contribution in [3.63, 3.8) is 0 Å². The minimum Gasteiger partial charge on any atom is -0.462 e. The lowest BCUT2D eigenvalue weighted by molar-refractivity contribution is -0.161. The second-order valence-electron chi connectivity index (χ2n) is 20.8. The van der Waals surface area contributed by atoms with Gasteiger partial charge in [0.25, 0.3) is 0 Å². The minimum atomic E-state index is -0.785. The van der Waals surface area contributed by atoms with Crippen LogP contribution in [0, 0.1) is 0 Å². The van der Waals surface area contributed by atoms with Gasteiger partial charge in [-0.05, 0) is 116 Å². The molecular weight excluding hydrogens is 933 g/mol. The summed E-state index contributed by atoms with van der Waals surface area (Å²) in [6.07, 6.45) is 97.2. The summed E-state index contributed by atoms with van der Waals surface area (Å²) in [4.78, 5) is 24.6. The van der Waals surface area contributed by atoms with Crippen molar-refractivity contribution in [2.24, 2.45) is 0 Å². The van der Waals surface area contributed by atoms with E-state index in [1.807, 2.05) is 0 Å². The van der Waals surface area contributed by atoms with Gasteiger partial charge >= 0.3 is 11.9 Å². The summed E-state index contributed by atoms with van der Waals surface area (Å²) < 4.78 is 10.7. The Labute approximate surface area is 470 Å². The fraction of sp³-hybridized carbons (Fsp3) is 0.662. The molecule has 0 amide bonds. The molecule has 1 N–H and O–H groups in total. The molecule has 0 saturated carbocycles. The maximum absolute atomic E-state index is 12.3. The maximum atomic E-state index is 12.3. The van der Waals surface area contributed by atoms with Crippen LogP contribution in [-0.4, -0.2) is 36.4 Å². The summed E-state index contributed by atoms with van der Waals surface area (Å²) in [7, 11) is 0. The smallest absolute Gasteiger partial charge is 0.306 e. The molecule has 76 heavy (non-hydrogen) atoms. The number of ether oxygens (including phenoxy) is 2. The number of hydrogen-bond acceptors (Lipinski definition) is 5. The van der Waals surface area contributed by atoms with Crippen molar-refractivity contribution in [2.75, 3.05) is 13.2 Å². The number of aliphatic hydroxyl groups is 1. The largest absolute Gasteiger partial charge is 0.462 e. The van der Waals surface area contributed by atoms with E-state index in [-0.39, 0.29) is 25.2 Å². The van der Waals surface area contributed by atoms with E-state index in [0.717, 1.165) is 103 Å². The standard InChI is InChI=1S/C71H118O5/c1-3-5-7-9-11-13-15-17-19-21-23-25-27-29-31-32-33-34-35-36-37-38-40-42-44-46-48-50-52-54-56-58-60-62-64-66-71(74)76-69(67-72)68-75-70(73)65-63-61-59-57-55-53-51-49-47-45-43-41-39-30-28-26-24-22-20-18-16-14-12-10-8-6-4-2/h5,7,11,13,16-19,22-25,28-31,33-34,36-37,40,42,69,72H,3-4,6,8-10,12,14-15,20-21,26-27,32,35,38-39,41,43-68H2,1-2H3/b7-5-,13-11-,18-16-,19-17-,24-22-,25-23-,30-28-,31-29-,34-33-,37-36-,42-40-. The molecule has 1 atom stereocenters. The Bertz CT molecular complexity index is 1570. The number of allylic oxidation sites excluding steroid dienone is 22. The van der Waals surface area contributed by atoms with E-state index < -0.39 is 6.10 Å². The third-order valence-electron chi connectivity index (χ3n) is 13.4. The van der Waals surface area contributed by atoms with E-state index in [1.54, 1.807) is 0 Å². The number of rotatable bonds is 57. The van der Waals surface area contributed by atoms with Crippen LogP contribution >= 0.6 is 0 Å². The van der Waals surface area contributed by atoms with Crippen molar-refractivity contribution in [3.05, 3.63) is 134 Å². The molecule has 0 radical (unpaired) electrons. The molecular formula is C71H118O5. The average Bonchev–Trinajstić information content (AvgIpc) is 3.42. The number of carbonyl (C=O) groups excluding carboxylic acids is 2. The zero-order chi connectivity index (χ0) is 54.8. The topological polar surface area (TPSA) is 72.8 Å². The van der Waals surface area contributed by atoms with Crippen molar-refractivity contribution >= 4 is 11.9 Å². The highest BCUT2D eigenvalue weighted by Gasteiger charge is 2.16. The third kappa shape index (κ3) is 62.6. The third-order valence-corrected chi connectivity index (χ3v) is 13.4. The molecule has 5 nitrogen and oxygen atoms in total. The highest BCUT2D eigenvalue weighted by molar-refractivity contribution is 5.70. The van der Waals surface area contributed by atoms with Crippen molar-refractivity contribution in [3.8, 4) is 0 Å². The molecule has 0 spiro atoms. The summed E-state index contributed by atoms with van der Waals surface area (Å²) in [5.74, 6) is -0.598. The van der Waals surface area contributed by atoms with E-state index in [1.165, 1.54) is 154 Å². The van der Waals surface area contributed by atoms with Gasteiger partial charge in [-0.15, -0.1) is 0 Å². The highest BCUT2D eigenvalue weighted by atomic mass is 16.6. The number of unbranched alkanes of at least 4 members (excludes halogenated alkanes) is 27. The SMILES string of the molecule is CC/C=C\C/C=C\C/C=C\C/C=C\C/C=C\C/C=C\C/C=C\C/C=C\CCCCCCCCCCCCC(=O)OC(CO)COC(=O)CCCCCCCCCCCCCC/C=C\C/C=C\C/C=C\CCCCCCC. The first-order chi connectivity index (χ1) is 37.6. The van der Waals surface area contributed by atoms with Gasteiger partial charge in [-0.2, -0.15) is 0 Å². The van der Waals surface area contributed by atoms with Crippen LogP contribution in [0.25, 0.3) is 0 Å².